The van der Waals surface area contributed by atoms with E-state index in [1.807, 2.05) is 0 Å². The van der Waals surface area contributed by atoms with Crippen molar-refractivity contribution in [3.8, 4) is 0 Å². The smallest absolute Gasteiger partial charge is 0.328 e. The Hall–Kier alpha value is -2.42. The van der Waals surface area contributed by atoms with E-state index >= 15 is 0 Å². The van der Waals surface area contributed by atoms with E-state index in [1.54, 1.807) is 0 Å². The molecule has 0 aliphatic rings. The Morgan fingerprint density at radius 3 is 0.476 bits per heavy atom. The molecule has 0 aromatic rings. The Kier molecular flexibility index (Phi) is 52.8. The normalized spacial score (nSPS) is 5.71. The van der Waals surface area contributed by atoms with Crippen LogP contribution in [-0.2, 0) is 0 Å². The first-order valence-electron chi connectivity index (χ1n) is 2.88. The maximum Gasteiger partial charge on any atom is 0.472 e. The third-order valence-electron chi connectivity index (χ3n) is 0. The van der Waals surface area contributed by atoms with Crippen LogP contribution in [-0.4, -0.2) is 67.1 Å². The maximum atomic E-state index is 8.47. The van der Waals surface area contributed by atoms with Gasteiger partial charge >= 0.3 is 15.3 Å². The van der Waals surface area contributed by atoms with Crippen LogP contribution in [0, 0.1) is 84.3 Å². The molecule has 0 bridgehead atoms. The molecule has 0 rings (SSSR count). The number of hydrogen-bond donors (Lipinski definition) is 8. The molecule has 0 amide bonds. The van der Waals surface area contributed by atoms with Gasteiger partial charge in [-0.1, -0.05) is 0 Å². The van der Waals surface area contributed by atoms with Crippen LogP contribution in [0.5, 0.6) is 0 Å². The average molecular weight is 470 g/mol. The Labute approximate surface area is 150 Å². The van der Waals surface area contributed by atoms with Crippen LogP contribution in [0.15, 0.2) is 0 Å². The molecule has 8 N–H and O–H groups in total. The van der Waals surface area contributed by atoms with Crippen molar-refractivity contribution in [3.63, 3.8) is 0 Å². The molecular formula is H8EuN5O15+3. The number of nitrogens with zero attached hydrogens (tertiary/aromatic N) is 5. The van der Waals surface area contributed by atoms with Gasteiger partial charge < -0.3 is 10.4 Å². The zero-order valence-corrected chi connectivity index (χ0v) is 11.5. The second kappa shape index (κ2) is 30.5. The van der Waals surface area contributed by atoms with Crippen LogP contribution in [0.3, 0.4) is 0 Å². The second-order valence-corrected chi connectivity index (χ2v) is 1.23. The van der Waals surface area contributed by atoms with Gasteiger partial charge in [0.15, 0.2) is 0 Å². The molecule has 0 heterocycles. The molecule has 0 spiro atoms. The molecule has 0 aliphatic heterocycles. The van der Waals surface area contributed by atoms with E-state index in [0.29, 0.717) is 0 Å². The van der Waals surface area contributed by atoms with Crippen molar-refractivity contribution in [2.45, 2.75) is 0 Å². The second-order valence-electron chi connectivity index (χ2n) is 1.23. The van der Waals surface area contributed by atoms with Gasteiger partial charge in [0.1, 0.15) is 14.7 Å². The SMILES string of the molecule is O=[N+](O)O.O=[N+](O)O.O=[N+](O)O.O=[N+]([O-])O.O=[N+]([O-])O.[Eu]. The van der Waals surface area contributed by atoms with Crippen LogP contribution in [0.4, 0.5) is 0 Å². The van der Waals surface area contributed by atoms with Crippen LogP contribution in [0.25, 0.3) is 0 Å². The molecule has 0 aromatic heterocycles. The van der Waals surface area contributed by atoms with E-state index in [-0.39, 0.29) is 49.4 Å². The van der Waals surface area contributed by atoms with Gasteiger partial charge in [0.2, 0.25) is 0 Å². The summed E-state index contributed by atoms with van der Waals surface area (Å²) >= 11 is 0. The predicted molar refractivity (Wildman–Crippen MR) is 39.2 cm³/mol. The molecule has 0 aliphatic carbocycles. The van der Waals surface area contributed by atoms with Gasteiger partial charge in [-0.2, -0.15) is 0 Å². The standard InChI is InChI=1S/Eu.3H2NO3.2HNO3/c;5*2-1(3)4/h;3*(H2,2,3,4);2*(H,2,3,4)/q;3*+1;;. The van der Waals surface area contributed by atoms with E-state index in [2.05, 4.69) is 0 Å². The van der Waals surface area contributed by atoms with Crippen molar-refractivity contribution in [2.75, 3.05) is 0 Å². The van der Waals surface area contributed by atoms with Gasteiger partial charge in [-0.25, -0.2) is 31.2 Å². The monoisotopic (exact) mass is 471 g/mol. The Morgan fingerprint density at radius 1 is 0.476 bits per heavy atom. The van der Waals surface area contributed by atoms with Crippen molar-refractivity contribution >= 4 is 0 Å². The molecule has 0 fully saturated rings. The summed E-state index contributed by atoms with van der Waals surface area (Å²) in [7, 11) is 0. The van der Waals surface area contributed by atoms with Gasteiger partial charge in [-0.05, 0) is 0 Å². The molecular weight excluding hydrogens is 462 g/mol. The Balaban J connectivity index is -0.0000000331. The molecule has 0 aromatic carbocycles. The summed E-state index contributed by atoms with van der Waals surface area (Å²) in [5, 5.41) is 64.9. The quantitative estimate of drug-likeness (QED) is 0.139. The summed E-state index contributed by atoms with van der Waals surface area (Å²) in [5.41, 5.74) is 0. The van der Waals surface area contributed by atoms with Crippen molar-refractivity contribution in [1.82, 2.24) is 0 Å². The molecule has 0 saturated heterocycles. The van der Waals surface area contributed by atoms with Crippen molar-refractivity contribution in [3.05, 3.63) is 34.9 Å². The maximum absolute atomic E-state index is 8.47. The van der Waals surface area contributed by atoms with Crippen molar-refractivity contribution in [2.24, 2.45) is 0 Å². The van der Waals surface area contributed by atoms with Gasteiger partial charge in [-0.15, -0.1) is 20.2 Å². The first-order valence-corrected chi connectivity index (χ1v) is 2.88. The average Bonchev–Trinajstić information content (AvgIpc) is 1.94. The van der Waals surface area contributed by atoms with Gasteiger partial charge in [0.05, 0.1) is 0 Å². The third-order valence-corrected chi connectivity index (χ3v) is 0. The first-order chi connectivity index (χ1) is 8.66. The van der Waals surface area contributed by atoms with Gasteiger partial charge in [0.25, 0.3) is 10.2 Å². The number of rotatable bonds is 0. The molecule has 0 atom stereocenters. The minimum atomic E-state index is -1.50. The van der Waals surface area contributed by atoms with Gasteiger partial charge in [-0.3, -0.25) is 0 Å². The van der Waals surface area contributed by atoms with E-state index < -0.39 is 25.4 Å². The summed E-state index contributed by atoms with van der Waals surface area (Å²) in [5.74, 6) is 0. The molecule has 0 saturated carbocycles. The van der Waals surface area contributed by atoms with Crippen molar-refractivity contribution < 1.29 is 116 Å². The van der Waals surface area contributed by atoms with Crippen LogP contribution >= 0.6 is 0 Å². The minimum Gasteiger partial charge on any atom is -0.328 e. The summed E-state index contributed by atoms with van der Waals surface area (Å²) in [6, 6.07) is 0. The molecule has 0 unspecified atom stereocenters. The summed E-state index contributed by atoms with van der Waals surface area (Å²) < 4.78 is 0. The first kappa shape index (κ1) is 36.3. The fourth-order valence-corrected chi connectivity index (χ4v) is 0. The van der Waals surface area contributed by atoms with Crippen LogP contribution in [0.2, 0.25) is 0 Å². The summed E-state index contributed by atoms with van der Waals surface area (Å²) in [6.45, 7) is 0. The molecule has 127 valence electrons. The third kappa shape index (κ3) is 732. The largest absolute Gasteiger partial charge is 0.472 e. The number of hydrogen-bond acceptors (Lipinski definition) is 7. The predicted octanol–water partition coefficient (Wildman–Crippen LogP) is -2.06. The molecule has 1 radical (unpaired) electrons. The van der Waals surface area contributed by atoms with E-state index in [9.17, 15) is 0 Å². The van der Waals surface area contributed by atoms with E-state index in [1.165, 1.54) is 0 Å². The molecule has 20 nitrogen and oxygen atoms in total. The topological polar surface area (TPSA) is 308 Å². The zero-order valence-electron chi connectivity index (χ0n) is 9.05. The molecule has 21 heteroatoms. The van der Waals surface area contributed by atoms with Crippen LogP contribution < -0.4 is 0 Å². The molecule has 21 heavy (non-hydrogen) atoms. The fourth-order valence-electron chi connectivity index (χ4n) is 0. The van der Waals surface area contributed by atoms with Gasteiger partial charge in [0, 0.05) is 49.4 Å². The summed E-state index contributed by atoms with van der Waals surface area (Å²) in [4.78, 5) is 42.1. The Morgan fingerprint density at radius 2 is 0.476 bits per heavy atom. The zero-order chi connectivity index (χ0) is 17.9. The van der Waals surface area contributed by atoms with Crippen LogP contribution in [0.1, 0.15) is 0 Å². The van der Waals surface area contributed by atoms with E-state index in [4.69, 9.17) is 76.6 Å². The Bertz CT molecular complexity index is 207. The van der Waals surface area contributed by atoms with E-state index in [0.717, 1.165) is 0 Å². The summed E-state index contributed by atoms with van der Waals surface area (Å²) in [6.07, 6.45) is 0. The fraction of sp³-hybridized carbons (Fsp3) is 0. The minimum absolute atomic E-state index is 0. The van der Waals surface area contributed by atoms with Crippen molar-refractivity contribution in [1.29, 1.82) is 0 Å².